The van der Waals surface area contributed by atoms with Crippen LogP contribution in [0.15, 0.2) is 24.3 Å². The average molecular weight is 304 g/mol. The maximum absolute atomic E-state index is 11.8. The van der Waals surface area contributed by atoms with Gasteiger partial charge in [0, 0.05) is 43.5 Å². The predicted octanol–water partition coefficient (Wildman–Crippen LogP) is 1.96. The molecule has 1 fully saturated rings. The molecule has 22 heavy (non-hydrogen) atoms. The van der Waals surface area contributed by atoms with Gasteiger partial charge in [0.2, 0.25) is 0 Å². The molecule has 0 N–H and O–H groups in total. The van der Waals surface area contributed by atoms with E-state index >= 15 is 0 Å². The lowest BCUT2D eigenvalue weighted by atomic mass is 10.1. The Kier molecular flexibility index (Phi) is 5.55. The summed E-state index contributed by atoms with van der Waals surface area (Å²) in [5.74, 6) is -1.38. The number of nitrogens with zero attached hydrogens (tertiary/aromatic N) is 2. The molecule has 2 rings (SSSR count). The molecule has 0 bridgehead atoms. The molecule has 5 heteroatoms. The lowest BCUT2D eigenvalue weighted by Crippen LogP contribution is -2.48. The summed E-state index contributed by atoms with van der Waals surface area (Å²) >= 11 is 0. The minimum Gasteiger partial charge on any atom is -0.460 e. The third-order valence-electron chi connectivity index (χ3n) is 4.00. The van der Waals surface area contributed by atoms with E-state index in [1.54, 1.807) is 19.1 Å². The Morgan fingerprint density at radius 1 is 1.09 bits per heavy atom. The van der Waals surface area contributed by atoms with E-state index in [9.17, 15) is 9.59 Å². The standard InChI is InChI=1S/C17H24N2O3/c1-4-22-17(21)16(20)14-5-7-15(8-6-14)19-11-9-18(10-12-19)13(2)3/h5-8,13H,4,9-12H2,1-3H3. The molecule has 0 aliphatic carbocycles. The van der Waals surface area contributed by atoms with Gasteiger partial charge in [0.05, 0.1) is 6.61 Å². The van der Waals surface area contributed by atoms with Crippen molar-refractivity contribution in [1.82, 2.24) is 4.90 Å². The zero-order chi connectivity index (χ0) is 16.1. The minimum absolute atomic E-state index is 0.211. The summed E-state index contributed by atoms with van der Waals surface area (Å²) in [4.78, 5) is 28.0. The Hall–Kier alpha value is -1.88. The Morgan fingerprint density at radius 3 is 2.18 bits per heavy atom. The van der Waals surface area contributed by atoms with Crippen LogP contribution in [0.2, 0.25) is 0 Å². The van der Waals surface area contributed by atoms with Crippen LogP contribution in [-0.4, -0.2) is 55.5 Å². The molecule has 1 aliphatic rings. The van der Waals surface area contributed by atoms with Crippen LogP contribution in [0.25, 0.3) is 0 Å². The second kappa shape index (κ2) is 7.40. The molecule has 1 aromatic carbocycles. The van der Waals surface area contributed by atoms with E-state index in [0.29, 0.717) is 11.6 Å². The summed E-state index contributed by atoms with van der Waals surface area (Å²) in [6.07, 6.45) is 0. The van der Waals surface area contributed by atoms with Crippen molar-refractivity contribution in [1.29, 1.82) is 0 Å². The molecule has 1 saturated heterocycles. The molecule has 0 spiro atoms. The lowest BCUT2D eigenvalue weighted by molar-refractivity contribution is -0.137. The number of carbonyl (C=O) groups is 2. The average Bonchev–Trinajstić information content (AvgIpc) is 2.54. The van der Waals surface area contributed by atoms with Crippen LogP contribution in [0.3, 0.4) is 0 Å². The van der Waals surface area contributed by atoms with Crippen LogP contribution >= 0.6 is 0 Å². The van der Waals surface area contributed by atoms with Gasteiger partial charge in [-0.2, -0.15) is 0 Å². The number of ether oxygens (including phenoxy) is 1. The van der Waals surface area contributed by atoms with E-state index in [2.05, 4.69) is 23.6 Å². The molecule has 0 amide bonds. The minimum atomic E-state index is -0.791. The van der Waals surface area contributed by atoms with Crippen molar-refractivity contribution in [2.45, 2.75) is 26.8 Å². The summed E-state index contributed by atoms with van der Waals surface area (Å²) < 4.78 is 4.73. The number of rotatable bonds is 5. The van der Waals surface area contributed by atoms with Gasteiger partial charge in [-0.05, 0) is 45.0 Å². The fourth-order valence-corrected chi connectivity index (χ4v) is 2.63. The number of piperazine rings is 1. The molecular weight excluding hydrogens is 280 g/mol. The third kappa shape index (κ3) is 3.85. The van der Waals surface area contributed by atoms with Gasteiger partial charge in [-0.3, -0.25) is 9.69 Å². The van der Waals surface area contributed by atoms with Gasteiger partial charge in [-0.15, -0.1) is 0 Å². The lowest BCUT2D eigenvalue weighted by Gasteiger charge is -2.38. The van der Waals surface area contributed by atoms with Gasteiger partial charge >= 0.3 is 5.97 Å². The number of anilines is 1. The van der Waals surface area contributed by atoms with Crippen molar-refractivity contribution < 1.29 is 14.3 Å². The largest absolute Gasteiger partial charge is 0.460 e. The Labute approximate surface area is 131 Å². The predicted molar refractivity (Wildman–Crippen MR) is 86.3 cm³/mol. The van der Waals surface area contributed by atoms with E-state index < -0.39 is 11.8 Å². The van der Waals surface area contributed by atoms with Crippen molar-refractivity contribution in [3.8, 4) is 0 Å². The number of benzene rings is 1. The molecule has 0 unspecified atom stereocenters. The summed E-state index contributed by atoms with van der Waals surface area (Å²) in [6, 6.07) is 7.77. The first kappa shape index (κ1) is 16.5. The highest BCUT2D eigenvalue weighted by molar-refractivity contribution is 6.40. The maximum atomic E-state index is 11.8. The van der Waals surface area contributed by atoms with Crippen molar-refractivity contribution >= 4 is 17.4 Å². The molecule has 5 nitrogen and oxygen atoms in total. The maximum Gasteiger partial charge on any atom is 0.379 e. The van der Waals surface area contributed by atoms with Crippen LogP contribution < -0.4 is 4.90 Å². The van der Waals surface area contributed by atoms with Crippen molar-refractivity contribution in [3.05, 3.63) is 29.8 Å². The SMILES string of the molecule is CCOC(=O)C(=O)c1ccc(N2CCN(C(C)C)CC2)cc1. The Morgan fingerprint density at radius 2 is 1.68 bits per heavy atom. The van der Waals surface area contributed by atoms with Gasteiger partial charge < -0.3 is 9.64 Å². The fraction of sp³-hybridized carbons (Fsp3) is 0.529. The second-order valence-corrected chi connectivity index (χ2v) is 5.71. The topological polar surface area (TPSA) is 49.9 Å². The Balaban J connectivity index is 1.98. The van der Waals surface area contributed by atoms with Crippen molar-refractivity contribution in [2.75, 3.05) is 37.7 Å². The van der Waals surface area contributed by atoms with Crippen LogP contribution in [0.5, 0.6) is 0 Å². The highest BCUT2D eigenvalue weighted by Gasteiger charge is 2.20. The molecule has 0 saturated carbocycles. The monoisotopic (exact) mass is 304 g/mol. The second-order valence-electron chi connectivity index (χ2n) is 5.71. The normalized spacial score (nSPS) is 15.9. The molecule has 1 aromatic rings. The molecule has 1 aliphatic heterocycles. The van der Waals surface area contributed by atoms with Crippen LogP contribution in [-0.2, 0) is 9.53 Å². The van der Waals surface area contributed by atoms with Crippen LogP contribution in [0.1, 0.15) is 31.1 Å². The summed E-state index contributed by atoms with van der Waals surface area (Å²) in [6.45, 7) is 10.4. The van der Waals surface area contributed by atoms with Gasteiger partial charge in [-0.1, -0.05) is 0 Å². The third-order valence-corrected chi connectivity index (χ3v) is 4.00. The number of hydrogen-bond donors (Lipinski definition) is 0. The zero-order valence-corrected chi connectivity index (χ0v) is 13.5. The molecule has 120 valence electrons. The van der Waals surface area contributed by atoms with E-state index in [1.165, 1.54) is 0 Å². The highest BCUT2D eigenvalue weighted by atomic mass is 16.5. The zero-order valence-electron chi connectivity index (χ0n) is 13.5. The molecular formula is C17H24N2O3. The smallest absolute Gasteiger partial charge is 0.379 e. The fourth-order valence-electron chi connectivity index (χ4n) is 2.63. The molecule has 0 aromatic heterocycles. The Bertz CT molecular complexity index is 517. The number of carbonyl (C=O) groups excluding carboxylic acids is 2. The van der Waals surface area contributed by atoms with Crippen LogP contribution in [0, 0.1) is 0 Å². The van der Waals surface area contributed by atoms with Gasteiger partial charge in [0.15, 0.2) is 0 Å². The van der Waals surface area contributed by atoms with Gasteiger partial charge in [0.25, 0.3) is 5.78 Å². The number of ketones is 1. The first-order valence-electron chi connectivity index (χ1n) is 7.83. The summed E-state index contributed by atoms with van der Waals surface area (Å²) in [7, 11) is 0. The van der Waals surface area contributed by atoms with Gasteiger partial charge in [0.1, 0.15) is 0 Å². The first-order valence-corrected chi connectivity index (χ1v) is 7.83. The van der Waals surface area contributed by atoms with Crippen molar-refractivity contribution in [2.24, 2.45) is 0 Å². The molecule has 0 atom stereocenters. The van der Waals surface area contributed by atoms with E-state index in [0.717, 1.165) is 31.9 Å². The first-order chi connectivity index (χ1) is 10.5. The van der Waals surface area contributed by atoms with Gasteiger partial charge in [-0.25, -0.2) is 4.79 Å². The van der Waals surface area contributed by atoms with Crippen LogP contribution in [0.4, 0.5) is 5.69 Å². The van der Waals surface area contributed by atoms with E-state index in [1.807, 2.05) is 12.1 Å². The summed E-state index contributed by atoms with van der Waals surface area (Å²) in [5.41, 5.74) is 1.46. The number of Topliss-reactive ketones (excluding diaryl/α,β-unsaturated/α-hetero) is 1. The van der Waals surface area contributed by atoms with E-state index in [-0.39, 0.29) is 6.61 Å². The van der Waals surface area contributed by atoms with Crippen molar-refractivity contribution in [3.63, 3.8) is 0 Å². The van der Waals surface area contributed by atoms with E-state index in [4.69, 9.17) is 4.74 Å². The number of hydrogen-bond acceptors (Lipinski definition) is 5. The summed E-state index contributed by atoms with van der Waals surface area (Å²) in [5, 5.41) is 0. The molecule has 1 heterocycles. The molecule has 0 radical (unpaired) electrons. The number of esters is 1. The highest BCUT2D eigenvalue weighted by Crippen LogP contribution is 2.18. The quantitative estimate of drug-likeness (QED) is 0.473.